The first-order chi connectivity index (χ1) is 17.0. The van der Waals surface area contributed by atoms with E-state index in [9.17, 15) is 4.79 Å². The van der Waals surface area contributed by atoms with Crippen molar-refractivity contribution in [1.82, 2.24) is 9.55 Å². The van der Waals surface area contributed by atoms with Gasteiger partial charge in [-0.1, -0.05) is 109 Å². The smallest absolute Gasteiger partial charge is 0.303 e. The topological polar surface area (TPSA) is 55.1 Å². The van der Waals surface area contributed by atoms with E-state index < -0.39 is 5.97 Å². The molecule has 0 fully saturated rings. The van der Waals surface area contributed by atoms with Crippen molar-refractivity contribution in [1.29, 1.82) is 0 Å². The average Bonchev–Trinajstić information content (AvgIpc) is 3.24. The molecule has 0 atom stereocenters. The van der Waals surface area contributed by atoms with E-state index in [0.29, 0.717) is 0 Å². The van der Waals surface area contributed by atoms with Gasteiger partial charge in [0.1, 0.15) is 5.82 Å². The van der Waals surface area contributed by atoms with Crippen LogP contribution in [0.2, 0.25) is 0 Å². The largest absolute Gasteiger partial charge is 0.481 e. The number of hydrogen-bond acceptors (Lipinski definition) is 2. The van der Waals surface area contributed by atoms with Gasteiger partial charge in [0, 0.05) is 29.7 Å². The number of carboxylic acid groups (broad SMARTS) is 1. The normalized spacial score (nSPS) is 11.0. The predicted octanol–water partition coefficient (Wildman–Crippen LogP) is 7.93. The van der Waals surface area contributed by atoms with Crippen LogP contribution in [-0.4, -0.2) is 20.6 Å². The molecule has 4 heteroatoms. The molecule has 0 radical (unpaired) electrons. The van der Waals surface area contributed by atoms with Gasteiger partial charge in [-0.15, -0.1) is 0 Å². The summed E-state index contributed by atoms with van der Waals surface area (Å²) in [5.41, 5.74) is 8.03. The van der Waals surface area contributed by atoms with E-state index in [1.165, 1.54) is 16.7 Å². The summed E-state index contributed by atoms with van der Waals surface area (Å²) in [5, 5.41) is 8.86. The van der Waals surface area contributed by atoms with Crippen molar-refractivity contribution in [3.63, 3.8) is 0 Å². The number of imidazole rings is 1. The van der Waals surface area contributed by atoms with Gasteiger partial charge in [0.05, 0.1) is 11.4 Å². The van der Waals surface area contributed by atoms with E-state index in [0.717, 1.165) is 67.0 Å². The standard InChI is InChI=1S/C31H34N2O2/c1-23-14-18-25(19-15-23)29-30(26-20-16-24(2)17-21-26)33(22-10-5-3-4-9-13-28(34)35)31(32-29)27-11-7-6-8-12-27/h6-8,11-12,14-21H,3-5,9-10,13,22H2,1-2H3,(H,34,35). The van der Waals surface area contributed by atoms with Crippen molar-refractivity contribution in [3.8, 4) is 33.9 Å². The molecule has 4 rings (SSSR count). The highest BCUT2D eigenvalue weighted by atomic mass is 16.4. The molecule has 4 nitrogen and oxygen atoms in total. The fourth-order valence-electron chi connectivity index (χ4n) is 4.47. The third-order valence-electron chi connectivity index (χ3n) is 6.42. The van der Waals surface area contributed by atoms with Crippen molar-refractivity contribution in [2.24, 2.45) is 0 Å². The minimum absolute atomic E-state index is 0.261. The van der Waals surface area contributed by atoms with Gasteiger partial charge in [-0.3, -0.25) is 4.79 Å². The van der Waals surface area contributed by atoms with Crippen LogP contribution >= 0.6 is 0 Å². The molecule has 3 aromatic carbocycles. The van der Waals surface area contributed by atoms with E-state index in [-0.39, 0.29) is 6.42 Å². The lowest BCUT2D eigenvalue weighted by atomic mass is 10.0. The Morgan fingerprint density at radius 2 is 1.29 bits per heavy atom. The van der Waals surface area contributed by atoms with Gasteiger partial charge in [-0.2, -0.15) is 0 Å². The van der Waals surface area contributed by atoms with Gasteiger partial charge in [-0.05, 0) is 26.7 Å². The number of aromatic nitrogens is 2. The third-order valence-corrected chi connectivity index (χ3v) is 6.42. The van der Waals surface area contributed by atoms with Crippen LogP contribution in [0.3, 0.4) is 0 Å². The number of aryl methyl sites for hydroxylation is 2. The number of nitrogens with zero attached hydrogens (tertiary/aromatic N) is 2. The van der Waals surface area contributed by atoms with E-state index in [4.69, 9.17) is 10.1 Å². The molecule has 4 aromatic rings. The van der Waals surface area contributed by atoms with Gasteiger partial charge in [-0.25, -0.2) is 4.98 Å². The molecule has 1 heterocycles. The molecule has 180 valence electrons. The molecule has 0 spiro atoms. The third kappa shape index (κ3) is 6.27. The maximum Gasteiger partial charge on any atom is 0.303 e. The van der Waals surface area contributed by atoms with E-state index >= 15 is 0 Å². The fraction of sp³-hybridized carbons (Fsp3) is 0.290. The summed E-state index contributed by atoms with van der Waals surface area (Å²) < 4.78 is 2.38. The van der Waals surface area contributed by atoms with Crippen LogP contribution in [0.15, 0.2) is 78.9 Å². The molecule has 0 aliphatic rings. The number of hydrogen-bond donors (Lipinski definition) is 1. The molecule has 0 aliphatic heterocycles. The van der Waals surface area contributed by atoms with Crippen molar-refractivity contribution >= 4 is 5.97 Å². The van der Waals surface area contributed by atoms with Crippen molar-refractivity contribution in [3.05, 3.63) is 90.0 Å². The van der Waals surface area contributed by atoms with Crippen LogP contribution < -0.4 is 0 Å². The van der Waals surface area contributed by atoms with Crippen LogP contribution in [0, 0.1) is 13.8 Å². The van der Waals surface area contributed by atoms with Gasteiger partial charge >= 0.3 is 5.97 Å². The van der Waals surface area contributed by atoms with E-state index in [1.807, 2.05) is 6.07 Å². The molecule has 35 heavy (non-hydrogen) atoms. The summed E-state index contributed by atoms with van der Waals surface area (Å²) in [6.07, 6.45) is 5.11. The van der Waals surface area contributed by atoms with E-state index in [2.05, 4.69) is 91.2 Å². The Kier molecular flexibility index (Phi) is 8.15. The Balaban J connectivity index is 1.71. The average molecular weight is 467 g/mol. The maximum atomic E-state index is 10.8. The minimum Gasteiger partial charge on any atom is -0.481 e. The second kappa shape index (κ2) is 11.7. The molecular weight excluding hydrogens is 432 g/mol. The Hall–Kier alpha value is -3.66. The Labute approximate surface area is 208 Å². The summed E-state index contributed by atoms with van der Waals surface area (Å²) in [6, 6.07) is 27.8. The molecule has 0 amide bonds. The Bertz CT molecular complexity index is 1240. The number of rotatable bonds is 11. The molecule has 0 saturated carbocycles. The van der Waals surface area contributed by atoms with E-state index in [1.54, 1.807) is 0 Å². The first kappa shape index (κ1) is 24.5. The van der Waals surface area contributed by atoms with Gasteiger partial charge in [0.2, 0.25) is 0 Å². The minimum atomic E-state index is -0.706. The second-order valence-corrected chi connectivity index (χ2v) is 9.29. The van der Waals surface area contributed by atoms with Crippen LogP contribution in [0.4, 0.5) is 0 Å². The molecule has 0 bridgehead atoms. The van der Waals surface area contributed by atoms with Gasteiger partial charge in [0.15, 0.2) is 0 Å². The van der Waals surface area contributed by atoms with Crippen LogP contribution in [0.1, 0.15) is 49.7 Å². The zero-order valence-electron chi connectivity index (χ0n) is 20.7. The number of unbranched alkanes of at least 4 members (excludes halogenated alkanes) is 4. The Morgan fingerprint density at radius 1 is 0.714 bits per heavy atom. The molecule has 0 saturated heterocycles. The summed E-state index contributed by atoms with van der Waals surface area (Å²) in [5.74, 6) is 0.282. The molecule has 1 N–H and O–H groups in total. The molecule has 0 unspecified atom stereocenters. The van der Waals surface area contributed by atoms with Crippen LogP contribution in [-0.2, 0) is 11.3 Å². The summed E-state index contributed by atoms with van der Waals surface area (Å²) >= 11 is 0. The predicted molar refractivity (Wildman–Crippen MR) is 143 cm³/mol. The molecular formula is C31H34N2O2. The first-order valence-corrected chi connectivity index (χ1v) is 12.5. The zero-order valence-corrected chi connectivity index (χ0v) is 20.7. The first-order valence-electron chi connectivity index (χ1n) is 12.5. The quantitative estimate of drug-likeness (QED) is 0.228. The summed E-state index contributed by atoms with van der Waals surface area (Å²) in [6.45, 7) is 5.09. The second-order valence-electron chi connectivity index (χ2n) is 9.29. The lowest BCUT2D eigenvalue weighted by Crippen LogP contribution is -2.04. The number of aliphatic carboxylic acids is 1. The maximum absolute atomic E-state index is 10.8. The number of carbonyl (C=O) groups is 1. The number of carboxylic acids is 1. The lowest BCUT2D eigenvalue weighted by Gasteiger charge is -2.14. The summed E-state index contributed by atoms with van der Waals surface area (Å²) in [7, 11) is 0. The highest BCUT2D eigenvalue weighted by Gasteiger charge is 2.21. The van der Waals surface area contributed by atoms with Crippen LogP contribution in [0.25, 0.3) is 33.9 Å². The SMILES string of the molecule is Cc1ccc(-c2nc(-c3ccccc3)n(CCCCCCCC(=O)O)c2-c2ccc(C)cc2)cc1. The van der Waals surface area contributed by atoms with Gasteiger partial charge in [0.25, 0.3) is 0 Å². The molecule has 0 aliphatic carbocycles. The van der Waals surface area contributed by atoms with Crippen molar-refractivity contribution in [2.75, 3.05) is 0 Å². The highest BCUT2D eigenvalue weighted by Crippen LogP contribution is 2.37. The summed E-state index contributed by atoms with van der Waals surface area (Å²) in [4.78, 5) is 16.0. The number of benzene rings is 3. The molecule has 1 aromatic heterocycles. The van der Waals surface area contributed by atoms with Crippen molar-refractivity contribution in [2.45, 2.75) is 58.9 Å². The van der Waals surface area contributed by atoms with Crippen molar-refractivity contribution < 1.29 is 9.90 Å². The fourth-order valence-corrected chi connectivity index (χ4v) is 4.47. The zero-order chi connectivity index (χ0) is 24.6. The highest BCUT2D eigenvalue weighted by molar-refractivity contribution is 5.82. The Morgan fingerprint density at radius 3 is 1.91 bits per heavy atom. The monoisotopic (exact) mass is 466 g/mol. The lowest BCUT2D eigenvalue weighted by molar-refractivity contribution is -0.137. The van der Waals surface area contributed by atoms with Crippen LogP contribution in [0.5, 0.6) is 0 Å². The van der Waals surface area contributed by atoms with Gasteiger partial charge < -0.3 is 9.67 Å².